The van der Waals surface area contributed by atoms with E-state index in [4.69, 9.17) is 4.74 Å². The molecule has 2 aromatic carbocycles. The number of aromatic carboxylic acids is 1. The molecule has 0 spiro atoms. The summed E-state index contributed by atoms with van der Waals surface area (Å²) in [4.78, 5) is 25.3. The lowest BCUT2D eigenvalue weighted by atomic mass is 9.88. The summed E-state index contributed by atoms with van der Waals surface area (Å²) < 4.78 is 19.4. The molecule has 0 saturated heterocycles. The summed E-state index contributed by atoms with van der Waals surface area (Å²) >= 11 is 4.60. The predicted octanol–water partition coefficient (Wildman–Crippen LogP) is 5.50. The summed E-state index contributed by atoms with van der Waals surface area (Å²) in [6.07, 6.45) is 0.203. The number of carbonyl (C=O) groups is 2. The van der Waals surface area contributed by atoms with E-state index in [-0.39, 0.29) is 23.1 Å². The number of carboxylic acid groups (broad SMARTS) is 1. The molecule has 4 rings (SSSR count). The molecule has 2 N–H and O–H groups in total. The molecule has 5 nitrogen and oxygen atoms in total. The van der Waals surface area contributed by atoms with Crippen molar-refractivity contribution in [3.8, 4) is 16.9 Å². The molecule has 0 radical (unpaired) electrons. The molecule has 1 amide bonds. The van der Waals surface area contributed by atoms with Crippen LogP contribution < -0.4 is 10.1 Å². The predicted molar refractivity (Wildman–Crippen MR) is 112 cm³/mol. The van der Waals surface area contributed by atoms with Crippen LogP contribution in [0.4, 0.5) is 10.1 Å². The van der Waals surface area contributed by atoms with Crippen LogP contribution in [-0.4, -0.2) is 24.1 Å². The van der Waals surface area contributed by atoms with Gasteiger partial charge in [-0.25, -0.2) is 9.18 Å². The fourth-order valence-corrected chi connectivity index (χ4v) is 5.30. The number of thiophene rings is 1. The highest BCUT2D eigenvalue weighted by Crippen LogP contribution is 2.49. The van der Waals surface area contributed by atoms with E-state index in [2.05, 4.69) is 21.2 Å². The average Bonchev–Trinajstić information content (AvgIpc) is 3.07. The van der Waals surface area contributed by atoms with Crippen molar-refractivity contribution in [1.82, 2.24) is 0 Å². The molecule has 148 valence electrons. The van der Waals surface area contributed by atoms with E-state index in [1.54, 1.807) is 13.2 Å². The SMILES string of the molecule is COc1ccc([C@@H]2CC(=O)Nc3c2sc(C(=O)O)c3-c2ccc(F)cc2)cc1Br. The van der Waals surface area contributed by atoms with E-state index in [0.717, 1.165) is 26.3 Å². The van der Waals surface area contributed by atoms with Gasteiger partial charge in [0.15, 0.2) is 0 Å². The third-order valence-corrected chi connectivity index (χ3v) is 6.72. The summed E-state index contributed by atoms with van der Waals surface area (Å²) in [5.41, 5.74) is 2.30. The Morgan fingerprint density at radius 2 is 2.00 bits per heavy atom. The number of carbonyl (C=O) groups excluding carboxylic acids is 1. The van der Waals surface area contributed by atoms with E-state index < -0.39 is 11.8 Å². The fraction of sp³-hybridized carbons (Fsp3) is 0.143. The zero-order valence-corrected chi connectivity index (χ0v) is 17.6. The standard InChI is InChI=1S/C21H15BrFNO4S/c1-28-15-7-4-11(8-14(15)22)13-9-16(25)24-18-17(10-2-5-12(23)6-3-10)20(21(26)27)29-19(13)18/h2-8,13H,9H2,1H3,(H,24,25)(H,26,27)/t13-/m0/s1. The number of amides is 1. The van der Waals surface area contributed by atoms with Gasteiger partial charge in [0.25, 0.3) is 0 Å². The molecule has 0 saturated carbocycles. The highest BCUT2D eigenvalue weighted by atomic mass is 79.9. The van der Waals surface area contributed by atoms with E-state index in [1.165, 1.54) is 24.3 Å². The lowest BCUT2D eigenvalue weighted by Gasteiger charge is -2.24. The van der Waals surface area contributed by atoms with Gasteiger partial charge in [0.1, 0.15) is 16.4 Å². The van der Waals surface area contributed by atoms with Gasteiger partial charge in [-0.2, -0.15) is 0 Å². The van der Waals surface area contributed by atoms with E-state index in [1.807, 2.05) is 12.1 Å². The summed E-state index contributed by atoms with van der Waals surface area (Å²) in [6, 6.07) is 11.1. The van der Waals surface area contributed by atoms with Gasteiger partial charge >= 0.3 is 5.97 Å². The van der Waals surface area contributed by atoms with Crippen LogP contribution in [0.25, 0.3) is 11.1 Å². The Morgan fingerprint density at radius 1 is 1.28 bits per heavy atom. The summed E-state index contributed by atoms with van der Waals surface area (Å²) in [6.45, 7) is 0. The largest absolute Gasteiger partial charge is 0.496 e. The zero-order chi connectivity index (χ0) is 20.7. The molecule has 1 atom stereocenters. The number of hydrogen-bond donors (Lipinski definition) is 2. The van der Waals surface area contributed by atoms with E-state index >= 15 is 0 Å². The Hall–Kier alpha value is -2.71. The Kier molecular flexibility index (Phi) is 5.14. The molecule has 0 bridgehead atoms. The molecular formula is C21H15BrFNO4S. The lowest BCUT2D eigenvalue weighted by molar-refractivity contribution is -0.116. The smallest absolute Gasteiger partial charge is 0.346 e. The number of anilines is 1. The Labute approximate surface area is 178 Å². The molecule has 2 heterocycles. The number of ether oxygens (including phenoxy) is 1. The van der Waals surface area contributed by atoms with Gasteiger partial charge in [0.05, 0.1) is 17.3 Å². The van der Waals surface area contributed by atoms with Gasteiger partial charge in [-0.15, -0.1) is 11.3 Å². The molecule has 3 aromatic rings. The van der Waals surface area contributed by atoms with Crippen molar-refractivity contribution in [2.75, 3.05) is 12.4 Å². The van der Waals surface area contributed by atoms with Gasteiger partial charge in [0.2, 0.25) is 5.91 Å². The van der Waals surface area contributed by atoms with Gasteiger partial charge in [-0.3, -0.25) is 4.79 Å². The first kappa shape index (κ1) is 19.6. The van der Waals surface area contributed by atoms with Crippen LogP contribution >= 0.6 is 27.3 Å². The van der Waals surface area contributed by atoms with Gasteiger partial charge in [0, 0.05) is 22.8 Å². The van der Waals surface area contributed by atoms with Crippen molar-refractivity contribution in [2.24, 2.45) is 0 Å². The van der Waals surface area contributed by atoms with Gasteiger partial charge in [-0.1, -0.05) is 18.2 Å². The van der Waals surface area contributed by atoms with Crippen LogP contribution in [0.1, 0.15) is 32.5 Å². The summed E-state index contributed by atoms with van der Waals surface area (Å²) in [5.74, 6) is -1.34. The highest BCUT2D eigenvalue weighted by molar-refractivity contribution is 9.10. The summed E-state index contributed by atoms with van der Waals surface area (Å²) in [5, 5.41) is 12.6. The second-order valence-electron chi connectivity index (χ2n) is 6.56. The first-order valence-corrected chi connectivity index (χ1v) is 10.3. The van der Waals surface area contributed by atoms with Crippen molar-refractivity contribution < 1.29 is 23.8 Å². The molecule has 29 heavy (non-hydrogen) atoms. The van der Waals surface area contributed by atoms with Crippen LogP contribution in [0, 0.1) is 5.82 Å². The molecule has 8 heteroatoms. The van der Waals surface area contributed by atoms with Gasteiger partial charge < -0.3 is 15.2 Å². The number of hydrogen-bond acceptors (Lipinski definition) is 4. The van der Waals surface area contributed by atoms with Crippen molar-refractivity contribution in [3.05, 3.63) is 68.1 Å². The van der Waals surface area contributed by atoms with Crippen LogP contribution in [0.5, 0.6) is 5.75 Å². The van der Waals surface area contributed by atoms with Crippen molar-refractivity contribution >= 4 is 44.8 Å². The molecular weight excluding hydrogens is 461 g/mol. The maximum atomic E-state index is 13.4. The van der Waals surface area contributed by atoms with Gasteiger partial charge in [-0.05, 0) is 51.3 Å². The fourth-order valence-electron chi connectivity index (χ4n) is 3.50. The van der Waals surface area contributed by atoms with Crippen LogP contribution in [0.15, 0.2) is 46.9 Å². The van der Waals surface area contributed by atoms with Crippen LogP contribution in [0.3, 0.4) is 0 Å². The van der Waals surface area contributed by atoms with Crippen molar-refractivity contribution in [1.29, 1.82) is 0 Å². The Morgan fingerprint density at radius 3 is 2.62 bits per heavy atom. The normalized spacial score (nSPS) is 15.6. The minimum Gasteiger partial charge on any atom is -0.496 e. The lowest BCUT2D eigenvalue weighted by Crippen LogP contribution is -2.22. The van der Waals surface area contributed by atoms with Crippen molar-refractivity contribution in [3.63, 3.8) is 0 Å². The monoisotopic (exact) mass is 475 g/mol. The molecule has 1 aliphatic heterocycles. The minimum absolute atomic E-state index is 0.112. The molecule has 0 aliphatic carbocycles. The minimum atomic E-state index is -1.09. The zero-order valence-electron chi connectivity index (χ0n) is 15.2. The number of fused-ring (bicyclic) bond motifs is 1. The number of benzene rings is 2. The number of rotatable bonds is 4. The highest BCUT2D eigenvalue weighted by Gasteiger charge is 2.34. The quantitative estimate of drug-likeness (QED) is 0.522. The molecule has 0 unspecified atom stereocenters. The number of carboxylic acids is 1. The number of halogens is 2. The number of nitrogens with one attached hydrogen (secondary N) is 1. The summed E-state index contributed by atoms with van der Waals surface area (Å²) in [7, 11) is 1.57. The molecule has 1 aromatic heterocycles. The maximum absolute atomic E-state index is 13.4. The van der Waals surface area contributed by atoms with Crippen molar-refractivity contribution in [2.45, 2.75) is 12.3 Å². The number of methoxy groups -OCH3 is 1. The first-order chi connectivity index (χ1) is 13.9. The second kappa shape index (κ2) is 7.61. The van der Waals surface area contributed by atoms with Crippen LogP contribution in [0.2, 0.25) is 0 Å². The average molecular weight is 476 g/mol. The van der Waals surface area contributed by atoms with E-state index in [0.29, 0.717) is 22.6 Å². The van der Waals surface area contributed by atoms with E-state index in [9.17, 15) is 19.1 Å². The third kappa shape index (κ3) is 3.54. The topological polar surface area (TPSA) is 75.6 Å². The first-order valence-electron chi connectivity index (χ1n) is 8.68. The Balaban J connectivity index is 1.90. The maximum Gasteiger partial charge on any atom is 0.346 e. The second-order valence-corrected chi connectivity index (χ2v) is 8.46. The molecule has 0 fully saturated rings. The Bertz CT molecular complexity index is 1130. The molecule has 1 aliphatic rings. The van der Waals surface area contributed by atoms with Crippen LogP contribution in [-0.2, 0) is 4.79 Å². The third-order valence-electron chi connectivity index (χ3n) is 4.81.